The molecule has 0 spiro atoms. The van der Waals surface area contributed by atoms with Gasteiger partial charge in [0.05, 0.1) is 27.5 Å². The standard InChI is InChI=1S/C36H46BrN8O2P/c1-5-24-6-9-27-29(40-24)10-11-30(34(27)48(3,4)46)41-35-28(37)22-39-36(43-35)42-31-20-23(2)32(21-33(31)47-26-7-8-26)45-16-12-25(13-17-45)44-18-14-38-15-19-44/h6,9-11,20-22,25-26,38H,5,7-8,12-19H2,1-4H3,(H2,39,41,42,43). The van der Waals surface area contributed by atoms with Crippen molar-refractivity contribution in [3.63, 3.8) is 0 Å². The molecule has 2 aromatic carbocycles. The fraction of sp³-hybridized carbons (Fsp3) is 0.472. The number of aromatic nitrogens is 3. The van der Waals surface area contributed by atoms with E-state index in [1.165, 1.54) is 24.1 Å². The molecule has 3 aliphatic rings. The number of fused-ring (bicyclic) bond motifs is 1. The first-order chi connectivity index (χ1) is 23.2. The van der Waals surface area contributed by atoms with Crippen molar-refractivity contribution in [1.82, 2.24) is 25.2 Å². The number of nitrogens with one attached hydrogen (secondary N) is 3. The summed E-state index contributed by atoms with van der Waals surface area (Å²) in [5.74, 6) is 1.85. The van der Waals surface area contributed by atoms with Gasteiger partial charge in [0, 0.05) is 79.6 Å². The van der Waals surface area contributed by atoms with Crippen LogP contribution in [0.2, 0.25) is 0 Å². The molecule has 3 N–H and O–H groups in total. The number of halogens is 1. The third-order valence-corrected chi connectivity index (χ3v) is 11.8. The summed E-state index contributed by atoms with van der Waals surface area (Å²) in [6.07, 6.45) is 7.33. The van der Waals surface area contributed by atoms with E-state index in [4.69, 9.17) is 14.7 Å². The number of rotatable bonds is 10. The summed E-state index contributed by atoms with van der Waals surface area (Å²) >= 11 is 3.63. The summed E-state index contributed by atoms with van der Waals surface area (Å²) in [7, 11) is -2.69. The van der Waals surface area contributed by atoms with E-state index in [1.54, 1.807) is 19.5 Å². The lowest BCUT2D eigenvalue weighted by atomic mass is 10.0. The second-order valence-corrected chi connectivity index (χ2v) is 17.6. The fourth-order valence-electron chi connectivity index (χ4n) is 6.97. The Morgan fingerprint density at radius 1 is 0.979 bits per heavy atom. The minimum absolute atomic E-state index is 0.246. The largest absolute Gasteiger partial charge is 0.488 e. The highest BCUT2D eigenvalue weighted by atomic mass is 79.9. The topological polar surface area (TPSA) is 108 Å². The molecule has 1 aliphatic carbocycles. The smallest absolute Gasteiger partial charge is 0.229 e. The second-order valence-electron chi connectivity index (χ2n) is 13.6. The maximum absolute atomic E-state index is 13.6. The summed E-state index contributed by atoms with van der Waals surface area (Å²) in [4.78, 5) is 19.4. The van der Waals surface area contributed by atoms with Crippen LogP contribution in [0.5, 0.6) is 5.75 Å². The van der Waals surface area contributed by atoms with E-state index < -0.39 is 7.14 Å². The lowest BCUT2D eigenvalue weighted by Crippen LogP contribution is -2.52. The van der Waals surface area contributed by atoms with E-state index in [0.717, 1.165) is 97.6 Å². The first-order valence-corrected chi connectivity index (χ1v) is 20.6. The minimum atomic E-state index is -2.69. The van der Waals surface area contributed by atoms with Gasteiger partial charge in [0.25, 0.3) is 0 Å². The van der Waals surface area contributed by atoms with Gasteiger partial charge in [-0.3, -0.25) is 9.88 Å². The Balaban J connectivity index is 1.14. The number of ether oxygens (including phenoxy) is 1. The first kappa shape index (κ1) is 33.3. The molecule has 10 nitrogen and oxygen atoms in total. The van der Waals surface area contributed by atoms with E-state index in [0.29, 0.717) is 22.3 Å². The predicted molar refractivity (Wildman–Crippen MR) is 201 cm³/mol. The molecule has 2 saturated heterocycles. The van der Waals surface area contributed by atoms with Gasteiger partial charge in [-0.2, -0.15) is 4.98 Å². The van der Waals surface area contributed by atoms with Gasteiger partial charge in [-0.15, -0.1) is 0 Å². The molecule has 2 aliphatic heterocycles. The van der Waals surface area contributed by atoms with Crippen LogP contribution in [0.25, 0.3) is 10.9 Å². The van der Waals surface area contributed by atoms with Gasteiger partial charge in [0.15, 0.2) is 0 Å². The Labute approximate surface area is 292 Å². The van der Waals surface area contributed by atoms with Crippen LogP contribution in [-0.4, -0.2) is 84.6 Å². The number of pyridine rings is 1. The molecule has 1 saturated carbocycles. The molecule has 48 heavy (non-hydrogen) atoms. The molecule has 0 atom stereocenters. The molecular weight excluding hydrogens is 687 g/mol. The van der Waals surface area contributed by atoms with Gasteiger partial charge in [-0.25, -0.2) is 4.98 Å². The third-order valence-electron chi connectivity index (χ3n) is 9.63. The van der Waals surface area contributed by atoms with Crippen LogP contribution in [0.4, 0.5) is 28.8 Å². The van der Waals surface area contributed by atoms with Crippen molar-refractivity contribution < 1.29 is 9.30 Å². The molecular formula is C36H46BrN8O2P. The van der Waals surface area contributed by atoms with Crippen molar-refractivity contribution in [3.8, 4) is 5.75 Å². The lowest BCUT2D eigenvalue weighted by Gasteiger charge is -2.41. The molecule has 0 amide bonds. The van der Waals surface area contributed by atoms with Crippen molar-refractivity contribution in [3.05, 3.63) is 58.3 Å². The Morgan fingerprint density at radius 2 is 1.75 bits per heavy atom. The number of anilines is 5. The molecule has 12 heteroatoms. The zero-order valence-electron chi connectivity index (χ0n) is 28.4. The molecule has 7 rings (SSSR count). The second kappa shape index (κ2) is 13.9. The van der Waals surface area contributed by atoms with Crippen LogP contribution in [0, 0.1) is 6.92 Å². The molecule has 2 aromatic heterocycles. The van der Waals surface area contributed by atoms with Crippen LogP contribution in [0.3, 0.4) is 0 Å². The first-order valence-electron chi connectivity index (χ1n) is 17.2. The van der Waals surface area contributed by atoms with E-state index in [9.17, 15) is 4.57 Å². The Hall–Kier alpha value is -3.24. The SMILES string of the molecule is CCc1ccc2c(P(C)(C)=O)c(Nc3nc(Nc4cc(C)c(N5CCC(N6CCNCC6)CC5)cc4OC4CC4)ncc3Br)ccc2n1. The maximum Gasteiger partial charge on any atom is 0.229 e. The molecule has 0 radical (unpaired) electrons. The highest BCUT2D eigenvalue weighted by molar-refractivity contribution is 9.10. The Kier molecular flexibility index (Phi) is 9.66. The molecule has 0 unspecified atom stereocenters. The van der Waals surface area contributed by atoms with E-state index >= 15 is 0 Å². The van der Waals surface area contributed by atoms with Crippen LogP contribution in [0.15, 0.2) is 47.1 Å². The number of piperidine rings is 1. The highest BCUT2D eigenvalue weighted by Crippen LogP contribution is 2.43. The summed E-state index contributed by atoms with van der Waals surface area (Å²) in [6.45, 7) is 14.4. The summed E-state index contributed by atoms with van der Waals surface area (Å²) in [5, 5.41) is 12.1. The van der Waals surface area contributed by atoms with Gasteiger partial charge >= 0.3 is 0 Å². The van der Waals surface area contributed by atoms with Crippen LogP contribution >= 0.6 is 23.1 Å². The molecule has 254 valence electrons. The molecule has 0 bridgehead atoms. The summed E-state index contributed by atoms with van der Waals surface area (Å²) < 4.78 is 20.8. The van der Waals surface area contributed by atoms with Crippen LogP contribution in [0.1, 0.15) is 43.9 Å². The number of hydrogen-bond donors (Lipinski definition) is 3. The number of aryl methyl sites for hydroxylation is 2. The van der Waals surface area contributed by atoms with Crippen molar-refractivity contribution >= 4 is 68.1 Å². The van der Waals surface area contributed by atoms with Crippen molar-refractivity contribution in [2.45, 2.75) is 58.1 Å². The Morgan fingerprint density at radius 3 is 2.46 bits per heavy atom. The molecule has 4 aromatic rings. The third kappa shape index (κ3) is 7.34. The van der Waals surface area contributed by atoms with Gasteiger partial charge in [-0.05, 0) is 98.1 Å². The minimum Gasteiger partial charge on any atom is -0.488 e. The Bertz CT molecular complexity index is 1850. The number of hydrogen-bond acceptors (Lipinski definition) is 10. The van der Waals surface area contributed by atoms with Crippen LogP contribution in [-0.2, 0) is 11.0 Å². The lowest BCUT2D eigenvalue weighted by molar-refractivity contribution is 0.150. The average Bonchev–Trinajstić information content (AvgIpc) is 3.91. The summed E-state index contributed by atoms with van der Waals surface area (Å²) in [6, 6.07) is 13.0. The number of piperazine rings is 1. The molecule has 4 heterocycles. The van der Waals surface area contributed by atoms with Crippen molar-refractivity contribution in [2.75, 3.05) is 68.1 Å². The zero-order valence-corrected chi connectivity index (χ0v) is 30.8. The van der Waals surface area contributed by atoms with Crippen molar-refractivity contribution in [1.29, 1.82) is 0 Å². The summed E-state index contributed by atoms with van der Waals surface area (Å²) in [5.41, 5.74) is 5.87. The molecule has 3 fully saturated rings. The highest BCUT2D eigenvalue weighted by Gasteiger charge is 2.29. The fourth-order valence-corrected chi connectivity index (χ4v) is 8.74. The van der Waals surface area contributed by atoms with Crippen LogP contribution < -0.4 is 30.9 Å². The maximum atomic E-state index is 13.6. The quantitative estimate of drug-likeness (QED) is 0.151. The normalized spacial score (nSPS) is 17.9. The van der Waals surface area contributed by atoms with Gasteiger partial charge in [-0.1, -0.05) is 13.0 Å². The predicted octanol–water partition coefficient (Wildman–Crippen LogP) is 6.81. The average molecular weight is 734 g/mol. The zero-order chi connectivity index (χ0) is 33.4. The van der Waals surface area contributed by atoms with Gasteiger partial charge in [0.1, 0.15) is 18.7 Å². The monoisotopic (exact) mass is 732 g/mol. The van der Waals surface area contributed by atoms with E-state index in [2.05, 4.69) is 72.6 Å². The van der Waals surface area contributed by atoms with Crippen molar-refractivity contribution in [2.24, 2.45) is 0 Å². The number of nitrogens with zero attached hydrogens (tertiary/aromatic N) is 5. The van der Waals surface area contributed by atoms with Gasteiger partial charge < -0.3 is 30.2 Å². The van der Waals surface area contributed by atoms with Gasteiger partial charge in [0.2, 0.25) is 5.95 Å². The number of benzene rings is 2. The van der Waals surface area contributed by atoms with E-state index in [-0.39, 0.29) is 6.10 Å². The van der Waals surface area contributed by atoms with E-state index in [1.807, 2.05) is 24.3 Å².